The van der Waals surface area contributed by atoms with E-state index in [1.807, 2.05) is 30.0 Å². The number of amides is 1. The van der Waals surface area contributed by atoms with Crippen molar-refractivity contribution < 1.29 is 19.0 Å². The molecule has 1 aliphatic heterocycles. The number of aliphatic hydroxyl groups excluding tert-OH is 1. The van der Waals surface area contributed by atoms with Crippen LogP contribution < -0.4 is 15.4 Å². The van der Waals surface area contributed by atoms with Gasteiger partial charge in [-0.25, -0.2) is 8.91 Å². The van der Waals surface area contributed by atoms with E-state index >= 15 is 0 Å². The number of carbonyl (C=O) groups excluding carboxylic acids is 1. The SMILES string of the molecule is CC1COc2cc(F)ccc2N1C(O)c1ccn2ncc(-c3ccc(C(N)=O)cc3)c2c1. The van der Waals surface area contributed by atoms with Crippen LogP contribution in [0.15, 0.2) is 67.0 Å². The van der Waals surface area contributed by atoms with Crippen LogP contribution >= 0.6 is 0 Å². The molecule has 8 heteroatoms. The highest BCUT2D eigenvalue weighted by atomic mass is 19.1. The molecule has 0 saturated carbocycles. The number of aliphatic hydroxyl groups is 1. The highest BCUT2D eigenvalue weighted by molar-refractivity contribution is 5.93. The average Bonchev–Trinajstić information content (AvgIpc) is 3.22. The summed E-state index contributed by atoms with van der Waals surface area (Å²) in [7, 11) is 0. The summed E-state index contributed by atoms with van der Waals surface area (Å²) in [6.07, 6.45) is 2.55. The van der Waals surface area contributed by atoms with Gasteiger partial charge in [-0.05, 0) is 48.9 Å². The number of benzene rings is 2. The standard InChI is InChI=1S/C24H21FN4O3/c1-14-13-32-22-11-18(25)6-7-20(22)29(14)24(31)17-8-9-28-21(10-17)19(12-27-28)15-2-4-16(5-3-15)23(26)30/h2-12,14,24,31H,13H2,1H3,(H2,26,30). The third kappa shape index (κ3) is 3.34. The Morgan fingerprint density at radius 1 is 1.22 bits per heavy atom. The maximum Gasteiger partial charge on any atom is 0.248 e. The Morgan fingerprint density at radius 2 is 2.00 bits per heavy atom. The average molecular weight is 432 g/mol. The number of ether oxygens (including phenoxy) is 1. The Bertz CT molecular complexity index is 1320. The highest BCUT2D eigenvalue weighted by Crippen LogP contribution is 2.39. The van der Waals surface area contributed by atoms with E-state index in [2.05, 4.69) is 5.10 Å². The van der Waals surface area contributed by atoms with Gasteiger partial charge in [0.1, 0.15) is 18.2 Å². The molecule has 1 aliphatic rings. The number of fused-ring (bicyclic) bond motifs is 2. The first-order chi connectivity index (χ1) is 15.4. The molecular formula is C24H21FN4O3. The molecule has 0 aliphatic carbocycles. The van der Waals surface area contributed by atoms with Crippen LogP contribution in [0.1, 0.15) is 29.1 Å². The summed E-state index contributed by atoms with van der Waals surface area (Å²) in [6, 6.07) is 14.8. The summed E-state index contributed by atoms with van der Waals surface area (Å²) in [4.78, 5) is 13.2. The molecule has 2 aromatic heterocycles. The zero-order valence-electron chi connectivity index (χ0n) is 17.3. The number of anilines is 1. The summed E-state index contributed by atoms with van der Waals surface area (Å²) < 4.78 is 21.0. The second kappa shape index (κ2) is 7.65. The minimum Gasteiger partial charge on any atom is -0.489 e. The summed E-state index contributed by atoms with van der Waals surface area (Å²) in [5.41, 5.74) is 9.58. The number of rotatable bonds is 4. The number of nitrogens with zero attached hydrogens (tertiary/aromatic N) is 3. The molecule has 0 fully saturated rings. The normalized spacial score (nSPS) is 16.5. The topological polar surface area (TPSA) is 93.1 Å². The van der Waals surface area contributed by atoms with Crippen molar-refractivity contribution in [1.29, 1.82) is 0 Å². The molecule has 0 spiro atoms. The van der Waals surface area contributed by atoms with Gasteiger partial charge in [-0.2, -0.15) is 5.10 Å². The van der Waals surface area contributed by atoms with Crippen LogP contribution in [0, 0.1) is 5.82 Å². The van der Waals surface area contributed by atoms with Crippen molar-refractivity contribution in [3.8, 4) is 16.9 Å². The summed E-state index contributed by atoms with van der Waals surface area (Å²) in [6.45, 7) is 2.28. The fourth-order valence-electron chi connectivity index (χ4n) is 4.07. The molecule has 7 nitrogen and oxygen atoms in total. The van der Waals surface area contributed by atoms with Crippen LogP contribution in [0.2, 0.25) is 0 Å². The fourth-order valence-corrected chi connectivity index (χ4v) is 4.07. The first-order valence-electron chi connectivity index (χ1n) is 10.2. The molecule has 4 aromatic rings. The number of aromatic nitrogens is 2. The van der Waals surface area contributed by atoms with E-state index in [1.165, 1.54) is 12.1 Å². The second-order valence-corrected chi connectivity index (χ2v) is 7.84. The van der Waals surface area contributed by atoms with Gasteiger partial charge < -0.3 is 20.5 Å². The van der Waals surface area contributed by atoms with Gasteiger partial charge in [-0.15, -0.1) is 0 Å². The lowest BCUT2D eigenvalue weighted by molar-refractivity contribution is 0.100. The van der Waals surface area contributed by atoms with E-state index < -0.39 is 12.1 Å². The Hall–Kier alpha value is -3.91. The molecule has 32 heavy (non-hydrogen) atoms. The number of carbonyl (C=O) groups is 1. The van der Waals surface area contributed by atoms with E-state index in [4.69, 9.17) is 10.5 Å². The molecule has 2 unspecified atom stereocenters. The predicted octanol–water partition coefficient (Wildman–Crippen LogP) is 3.52. The van der Waals surface area contributed by atoms with Gasteiger partial charge in [-0.1, -0.05) is 12.1 Å². The Balaban J connectivity index is 1.54. The molecule has 2 aromatic carbocycles. The van der Waals surface area contributed by atoms with Gasteiger partial charge in [0.2, 0.25) is 5.91 Å². The maximum absolute atomic E-state index is 13.7. The van der Waals surface area contributed by atoms with E-state index in [9.17, 15) is 14.3 Å². The highest BCUT2D eigenvalue weighted by Gasteiger charge is 2.31. The van der Waals surface area contributed by atoms with Gasteiger partial charge in [0.15, 0.2) is 6.23 Å². The monoisotopic (exact) mass is 432 g/mol. The third-order valence-electron chi connectivity index (χ3n) is 5.74. The Labute approximate surface area is 183 Å². The van der Waals surface area contributed by atoms with Crippen LogP contribution in [-0.4, -0.2) is 33.3 Å². The van der Waals surface area contributed by atoms with Crippen molar-refractivity contribution in [3.05, 3.63) is 83.9 Å². The Morgan fingerprint density at radius 3 is 2.75 bits per heavy atom. The maximum atomic E-state index is 13.7. The molecule has 0 saturated heterocycles. The van der Waals surface area contributed by atoms with Crippen molar-refractivity contribution in [2.45, 2.75) is 19.2 Å². The largest absolute Gasteiger partial charge is 0.489 e. The molecular weight excluding hydrogens is 411 g/mol. The van der Waals surface area contributed by atoms with Crippen LogP contribution in [0.4, 0.5) is 10.1 Å². The van der Waals surface area contributed by atoms with Gasteiger partial charge in [0.05, 0.1) is 23.4 Å². The lowest BCUT2D eigenvalue weighted by atomic mass is 10.0. The molecule has 5 rings (SSSR count). The van der Waals surface area contributed by atoms with E-state index in [1.54, 1.807) is 41.2 Å². The lowest BCUT2D eigenvalue weighted by Crippen LogP contribution is -2.43. The number of hydrogen-bond acceptors (Lipinski definition) is 5. The molecule has 0 radical (unpaired) electrons. The number of halogens is 1. The first kappa shape index (κ1) is 20.0. The lowest BCUT2D eigenvalue weighted by Gasteiger charge is -2.40. The van der Waals surface area contributed by atoms with Crippen molar-refractivity contribution in [2.75, 3.05) is 11.5 Å². The number of primary amides is 1. The van der Waals surface area contributed by atoms with Crippen molar-refractivity contribution in [3.63, 3.8) is 0 Å². The summed E-state index contributed by atoms with van der Waals surface area (Å²) in [5.74, 6) is -0.468. The van der Waals surface area contributed by atoms with Crippen molar-refractivity contribution in [2.24, 2.45) is 5.73 Å². The van der Waals surface area contributed by atoms with Crippen LogP contribution in [-0.2, 0) is 0 Å². The zero-order chi connectivity index (χ0) is 22.4. The quantitative estimate of drug-likeness (QED) is 0.515. The minimum absolute atomic E-state index is 0.120. The number of nitrogens with two attached hydrogens (primary N) is 1. The van der Waals surface area contributed by atoms with Crippen molar-refractivity contribution in [1.82, 2.24) is 9.61 Å². The first-order valence-corrected chi connectivity index (χ1v) is 10.2. The molecule has 2 atom stereocenters. The van der Waals surface area contributed by atoms with Crippen LogP contribution in [0.5, 0.6) is 5.75 Å². The van der Waals surface area contributed by atoms with Crippen LogP contribution in [0.3, 0.4) is 0 Å². The van der Waals surface area contributed by atoms with Gasteiger partial charge >= 0.3 is 0 Å². The number of pyridine rings is 1. The van der Waals surface area contributed by atoms with E-state index in [0.717, 1.165) is 16.6 Å². The predicted molar refractivity (Wildman–Crippen MR) is 118 cm³/mol. The van der Waals surface area contributed by atoms with E-state index in [-0.39, 0.29) is 11.9 Å². The third-order valence-corrected chi connectivity index (χ3v) is 5.74. The summed E-state index contributed by atoms with van der Waals surface area (Å²) in [5, 5.41) is 15.7. The minimum atomic E-state index is -0.969. The molecule has 162 valence electrons. The van der Waals surface area contributed by atoms with Crippen molar-refractivity contribution >= 4 is 17.1 Å². The molecule has 3 heterocycles. The smallest absolute Gasteiger partial charge is 0.248 e. The van der Waals surface area contributed by atoms with Gasteiger partial charge in [0.25, 0.3) is 0 Å². The molecule has 3 N–H and O–H groups in total. The number of hydrogen-bond donors (Lipinski definition) is 2. The molecule has 1 amide bonds. The Kier molecular flexibility index (Phi) is 4.79. The second-order valence-electron chi connectivity index (χ2n) is 7.84. The van der Waals surface area contributed by atoms with Gasteiger partial charge in [0, 0.05) is 29.0 Å². The fraction of sp³-hybridized carbons (Fsp3) is 0.167. The molecule has 0 bridgehead atoms. The van der Waals surface area contributed by atoms with Crippen LogP contribution in [0.25, 0.3) is 16.6 Å². The van der Waals surface area contributed by atoms with E-state index in [0.29, 0.717) is 29.2 Å². The zero-order valence-corrected chi connectivity index (χ0v) is 17.3. The van der Waals surface area contributed by atoms with Gasteiger partial charge in [-0.3, -0.25) is 4.79 Å². The summed E-state index contributed by atoms with van der Waals surface area (Å²) >= 11 is 0.